The van der Waals surface area contributed by atoms with Crippen LogP contribution in [0.2, 0.25) is 0 Å². The number of hydrogen-bond donors (Lipinski definition) is 12. The highest BCUT2D eigenvalue weighted by Gasteiger charge is 2.58. The first-order chi connectivity index (χ1) is 17.9. The minimum absolute atomic E-state index is 0.0247. The normalized spacial score (nSPS) is 51.1. The zero-order valence-electron chi connectivity index (χ0n) is 20.8. The maximum atomic E-state index is 11.0. The summed E-state index contributed by atoms with van der Waals surface area (Å²) < 4.78 is 27.9. The molecule has 3 aliphatic rings. The van der Waals surface area contributed by atoms with E-state index in [1.54, 1.807) is 6.92 Å². The SMILES string of the molecule is CCC(O)[C@@]1(CO)O[C@H](OC2[C@@H](CO)O[C@@H](OC3[C@@H](CO)O[C@@H](O)[C@H](N)[C@H]3O)[C@H](N)[C@H]2O)[C@H](N)[C@@H](O)[C@@H]1O. The van der Waals surface area contributed by atoms with Gasteiger partial charge in [0.25, 0.3) is 0 Å². The number of rotatable bonds is 9. The average molecular weight is 560 g/mol. The van der Waals surface area contributed by atoms with Gasteiger partial charge in [0.15, 0.2) is 18.9 Å². The molecule has 0 amide bonds. The lowest BCUT2D eigenvalue weighted by Gasteiger charge is -2.52. The van der Waals surface area contributed by atoms with Gasteiger partial charge in [-0.05, 0) is 6.42 Å². The molecule has 0 aliphatic carbocycles. The first-order valence-electron chi connectivity index (χ1n) is 12.4. The molecule has 3 heterocycles. The summed E-state index contributed by atoms with van der Waals surface area (Å²) in [6.07, 6.45) is -18.1. The minimum atomic E-state index is -2.07. The van der Waals surface area contributed by atoms with E-state index in [4.69, 9.17) is 40.9 Å². The van der Waals surface area contributed by atoms with Crippen molar-refractivity contribution < 1.29 is 69.6 Å². The van der Waals surface area contributed by atoms with E-state index >= 15 is 0 Å². The van der Waals surface area contributed by atoms with E-state index < -0.39 is 117 Å². The van der Waals surface area contributed by atoms with Gasteiger partial charge in [-0.3, -0.25) is 0 Å². The number of aliphatic hydroxyl groups is 9. The molecule has 3 saturated heterocycles. The molecule has 224 valence electrons. The van der Waals surface area contributed by atoms with Gasteiger partial charge in [0, 0.05) is 0 Å². The lowest BCUT2D eigenvalue weighted by atomic mass is 9.81. The van der Waals surface area contributed by atoms with Gasteiger partial charge >= 0.3 is 0 Å². The fourth-order valence-electron chi connectivity index (χ4n) is 4.96. The Bertz CT molecular complexity index is 754. The van der Waals surface area contributed by atoms with Crippen molar-refractivity contribution in [2.75, 3.05) is 19.8 Å². The maximum Gasteiger partial charge on any atom is 0.176 e. The van der Waals surface area contributed by atoms with Crippen molar-refractivity contribution in [3.05, 3.63) is 0 Å². The summed E-state index contributed by atoms with van der Waals surface area (Å²) in [6, 6.07) is -4.11. The molecule has 0 aromatic carbocycles. The molecule has 3 fully saturated rings. The smallest absolute Gasteiger partial charge is 0.176 e. The van der Waals surface area contributed by atoms with Crippen LogP contribution in [-0.4, -0.2) is 163 Å². The highest BCUT2D eigenvalue weighted by molar-refractivity contribution is 5.06. The summed E-state index contributed by atoms with van der Waals surface area (Å²) in [4.78, 5) is 0. The fraction of sp³-hybridized carbons (Fsp3) is 1.00. The van der Waals surface area contributed by atoms with Crippen LogP contribution >= 0.6 is 0 Å². The van der Waals surface area contributed by atoms with E-state index in [2.05, 4.69) is 0 Å². The highest BCUT2D eigenvalue weighted by atomic mass is 16.7. The van der Waals surface area contributed by atoms with Crippen molar-refractivity contribution in [3.8, 4) is 0 Å². The summed E-state index contributed by atoms with van der Waals surface area (Å²) in [5.41, 5.74) is 15.7. The van der Waals surface area contributed by atoms with Crippen molar-refractivity contribution in [1.82, 2.24) is 0 Å². The Kier molecular flexibility index (Phi) is 10.8. The molecule has 38 heavy (non-hydrogen) atoms. The average Bonchev–Trinajstić information content (AvgIpc) is 2.92. The van der Waals surface area contributed by atoms with E-state index in [1.165, 1.54) is 0 Å². The maximum absolute atomic E-state index is 11.0. The van der Waals surface area contributed by atoms with Gasteiger partial charge < -0.3 is 86.8 Å². The van der Waals surface area contributed by atoms with E-state index in [-0.39, 0.29) is 6.42 Å². The monoisotopic (exact) mass is 559 g/mol. The number of hydrogen-bond acceptors (Lipinski definition) is 17. The summed E-state index contributed by atoms with van der Waals surface area (Å²) in [7, 11) is 0. The molecule has 3 aliphatic heterocycles. The molecule has 17 nitrogen and oxygen atoms in total. The first kappa shape index (κ1) is 31.8. The van der Waals surface area contributed by atoms with Gasteiger partial charge in [0.2, 0.25) is 0 Å². The van der Waals surface area contributed by atoms with E-state index in [1.807, 2.05) is 0 Å². The second-order valence-electron chi connectivity index (χ2n) is 9.85. The summed E-state index contributed by atoms with van der Waals surface area (Å²) in [5.74, 6) is 0. The molecule has 17 heteroatoms. The van der Waals surface area contributed by atoms with Crippen LogP contribution in [0.1, 0.15) is 13.3 Å². The molecule has 0 saturated carbocycles. The third kappa shape index (κ3) is 5.71. The molecule has 16 atom stereocenters. The number of aliphatic hydroxyl groups excluding tert-OH is 9. The zero-order valence-corrected chi connectivity index (χ0v) is 20.8. The van der Waals surface area contributed by atoms with Crippen LogP contribution in [0.25, 0.3) is 0 Å². The Balaban J connectivity index is 1.78. The molecule has 15 N–H and O–H groups in total. The molecule has 0 aromatic heterocycles. The van der Waals surface area contributed by atoms with Crippen molar-refractivity contribution in [2.24, 2.45) is 17.2 Å². The van der Waals surface area contributed by atoms with Gasteiger partial charge in [-0.2, -0.15) is 0 Å². The molecule has 0 spiro atoms. The second kappa shape index (κ2) is 12.9. The van der Waals surface area contributed by atoms with Crippen LogP contribution in [0.3, 0.4) is 0 Å². The minimum Gasteiger partial charge on any atom is -0.394 e. The van der Waals surface area contributed by atoms with Crippen molar-refractivity contribution >= 4 is 0 Å². The van der Waals surface area contributed by atoms with E-state index in [0.29, 0.717) is 0 Å². The quantitative estimate of drug-likeness (QED) is 0.125. The third-order valence-electron chi connectivity index (χ3n) is 7.47. The van der Waals surface area contributed by atoms with Crippen LogP contribution in [0.4, 0.5) is 0 Å². The van der Waals surface area contributed by atoms with Gasteiger partial charge in [0.1, 0.15) is 54.4 Å². The molecule has 0 aromatic rings. The highest BCUT2D eigenvalue weighted by Crippen LogP contribution is 2.36. The number of nitrogens with two attached hydrogens (primary N) is 3. The predicted molar refractivity (Wildman–Crippen MR) is 122 cm³/mol. The Hall–Kier alpha value is -0.680. The van der Waals surface area contributed by atoms with Crippen molar-refractivity contribution in [3.63, 3.8) is 0 Å². The van der Waals surface area contributed by atoms with Crippen LogP contribution < -0.4 is 17.2 Å². The number of ether oxygens (including phenoxy) is 5. The molecule has 0 radical (unpaired) electrons. The van der Waals surface area contributed by atoms with Gasteiger partial charge in [-0.1, -0.05) is 6.92 Å². The zero-order chi connectivity index (χ0) is 28.5. The fourth-order valence-corrected chi connectivity index (χ4v) is 4.96. The molecule has 3 rings (SSSR count). The molecular weight excluding hydrogens is 518 g/mol. The Morgan fingerprint density at radius 2 is 1.26 bits per heavy atom. The van der Waals surface area contributed by atoms with Crippen molar-refractivity contribution in [2.45, 2.75) is 111 Å². The van der Waals surface area contributed by atoms with E-state index in [0.717, 1.165) is 0 Å². The molecule has 0 bridgehead atoms. The second-order valence-corrected chi connectivity index (χ2v) is 9.85. The van der Waals surface area contributed by atoms with Gasteiger partial charge in [0.05, 0.1) is 44.1 Å². The van der Waals surface area contributed by atoms with Gasteiger partial charge in [-0.15, -0.1) is 0 Å². The summed E-state index contributed by atoms with van der Waals surface area (Å²) in [6.45, 7) is -0.788. The lowest BCUT2D eigenvalue weighted by molar-refractivity contribution is -0.369. The van der Waals surface area contributed by atoms with Crippen LogP contribution in [0.15, 0.2) is 0 Å². The predicted octanol–water partition coefficient (Wildman–Crippen LogP) is -7.53. The summed E-state index contributed by atoms with van der Waals surface area (Å²) in [5, 5.41) is 92.2. The Morgan fingerprint density at radius 3 is 1.79 bits per heavy atom. The lowest BCUT2D eigenvalue weighted by Crippen LogP contribution is -2.73. The first-order valence-corrected chi connectivity index (χ1v) is 12.4. The van der Waals surface area contributed by atoms with E-state index in [9.17, 15) is 46.0 Å². The van der Waals surface area contributed by atoms with Crippen LogP contribution in [-0.2, 0) is 23.7 Å². The Morgan fingerprint density at radius 1 is 0.763 bits per heavy atom. The van der Waals surface area contributed by atoms with Crippen LogP contribution in [0, 0.1) is 0 Å². The standard InChI is InChI=1S/C21H41N3O14/c1-2-8(28)21(5-27)17(32)14(31)11(24)20(38-21)37-16-7(4-26)35-19(10(23)13(16)30)36-15-6(3-25)34-18(33)9(22)12(15)29/h6-20,25-33H,2-5,22-24H2,1H3/t6-,7-,8?,9-,10-,11-,12-,13-,14-,15?,16?,17+,18-,19+,20+,21-/m1/s1. The Labute approximate surface area is 218 Å². The van der Waals surface area contributed by atoms with Crippen molar-refractivity contribution in [1.29, 1.82) is 0 Å². The third-order valence-corrected chi connectivity index (χ3v) is 7.47. The largest absolute Gasteiger partial charge is 0.394 e. The topological polar surface area (TPSA) is 306 Å². The van der Waals surface area contributed by atoms with Gasteiger partial charge in [-0.25, -0.2) is 0 Å². The summed E-state index contributed by atoms with van der Waals surface area (Å²) >= 11 is 0. The molecular formula is C21H41N3O14. The molecule has 3 unspecified atom stereocenters. The van der Waals surface area contributed by atoms with Crippen LogP contribution in [0.5, 0.6) is 0 Å².